The van der Waals surface area contributed by atoms with Gasteiger partial charge in [0.05, 0.1) is 11.6 Å². The predicted molar refractivity (Wildman–Crippen MR) is 46.6 cm³/mol. The first-order valence-corrected chi connectivity index (χ1v) is 4.74. The fourth-order valence-corrected chi connectivity index (χ4v) is 1.86. The van der Waals surface area contributed by atoms with Gasteiger partial charge in [-0.3, -0.25) is 4.79 Å². The molecule has 0 aromatic carbocycles. The van der Waals surface area contributed by atoms with Crippen LogP contribution in [0.1, 0.15) is 6.92 Å². The number of ether oxygens (including phenoxy) is 1. The van der Waals surface area contributed by atoms with Gasteiger partial charge in [-0.25, -0.2) is 0 Å². The van der Waals surface area contributed by atoms with Crippen LogP contribution in [0, 0.1) is 11.3 Å². The minimum absolute atomic E-state index is 0.328. The summed E-state index contributed by atoms with van der Waals surface area (Å²) < 4.78 is 4.94. The Morgan fingerprint density at radius 1 is 1.92 bits per heavy atom. The lowest BCUT2D eigenvalue weighted by Crippen LogP contribution is -2.23. The third-order valence-electron chi connectivity index (χ3n) is 1.47. The van der Waals surface area contributed by atoms with Crippen LogP contribution in [0.4, 0.5) is 0 Å². The molecule has 1 atom stereocenters. The molecule has 1 aliphatic rings. The monoisotopic (exact) mass is 183 g/mol. The van der Waals surface area contributed by atoms with Crippen LogP contribution in [0.5, 0.6) is 0 Å². The molecule has 1 aliphatic heterocycles. The fraction of sp³-hybridized carbons (Fsp3) is 0.500. The molecule has 0 radical (unpaired) electrons. The second-order valence-corrected chi connectivity index (χ2v) is 3.48. The number of carbonyl (C=O) groups is 1. The van der Waals surface area contributed by atoms with Crippen molar-refractivity contribution in [3.63, 3.8) is 0 Å². The topological polar surface area (TPSA) is 50.1 Å². The van der Waals surface area contributed by atoms with Crippen LogP contribution >= 0.6 is 11.8 Å². The molecule has 3 nitrogen and oxygen atoms in total. The van der Waals surface area contributed by atoms with Crippen LogP contribution in [0.2, 0.25) is 0 Å². The van der Waals surface area contributed by atoms with E-state index in [9.17, 15) is 4.79 Å². The quantitative estimate of drug-likeness (QED) is 0.571. The van der Waals surface area contributed by atoms with Crippen molar-refractivity contribution in [3.05, 3.63) is 11.6 Å². The van der Waals surface area contributed by atoms with Crippen molar-refractivity contribution < 1.29 is 9.53 Å². The normalized spacial score (nSPS) is 22.3. The Kier molecular flexibility index (Phi) is 3.18. The van der Waals surface area contributed by atoms with Gasteiger partial charge in [0.1, 0.15) is 6.10 Å². The molecule has 0 saturated carbocycles. The van der Waals surface area contributed by atoms with Crippen molar-refractivity contribution in [2.75, 3.05) is 11.5 Å². The Hall–Kier alpha value is -0.950. The van der Waals surface area contributed by atoms with E-state index in [1.807, 2.05) is 12.1 Å². The van der Waals surface area contributed by atoms with Crippen LogP contribution in [-0.4, -0.2) is 23.6 Å². The molecule has 0 N–H and O–H groups in total. The van der Waals surface area contributed by atoms with Crippen molar-refractivity contribution in [1.82, 2.24) is 0 Å². The van der Waals surface area contributed by atoms with Crippen molar-refractivity contribution >= 4 is 17.7 Å². The van der Waals surface area contributed by atoms with Crippen molar-refractivity contribution in [2.24, 2.45) is 0 Å². The summed E-state index contributed by atoms with van der Waals surface area (Å²) in [6.45, 7) is 1.36. The van der Waals surface area contributed by atoms with E-state index in [1.54, 1.807) is 11.8 Å². The summed E-state index contributed by atoms with van der Waals surface area (Å²) in [5.74, 6) is 1.20. The third-order valence-corrected chi connectivity index (χ3v) is 2.42. The van der Waals surface area contributed by atoms with Gasteiger partial charge < -0.3 is 4.74 Å². The zero-order valence-corrected chi connectivity index (χ0v) is 7.56. The van der Waals surface area contributed by atoms with E-state index < -0.39 is 0 Å². The molecule has 0 bridgehead atoms. The number of hydrogen-bond donors (Lipinski definition) is 0. The van der Waals surface area contributed by atoms with E-state index in [4.69, 9.17) is 10.00 Å². The molecule has 1 rings (SSSR count). The number of nitrogens with zero attached hydrogens (tertiary/aromatic N) is 1. The second kappa shape index (κ2) is 4.17. The van der Waals surface area contributed by atoms with Crippen LogP contribution < -0.4 is 0 Å². The third kappa shape index (κ3) is 2.28. The summed E-state index contributed by atoms with van der Waals surface area (Å²) in [5, 5.41) is 8.66. The molecule has 0 saturated heterocycles. The first-order chi connectivity index (χ1) is 5.74. The summed E-state index contributed by atoms with van der Waals surface area (Å²) in [6.07, 6.45) is 1.48. The molecular weight excluding hydrogens is 174 g/mol. The molecule has 0 aromatic rings. The Morgan fingerprint density at radius 2 is 2.67 bits per heavy atom. The lowest BCUT2D eigenvalue weighted by Gasteiger charge is -2.18. The average molecular weight is 183 g/mol. The molecule has 4 heteroatoms. The van der Waals surface area contributed by atoms with Gasteiger partial charge in [0, 0.05) is 18.4 Å². The molecule has 0 aromatic heterocycles. The Labute approximate surface area is 75.4 Å². The van der Waals surface area contributed by atoms with E-state index in [-0.39, 0.29) is 12.1 Å². The Morgan fingerprint density at radius 3 is 3.25 bits per heavy atom. The highest BCUT2D eigenvalue weighted by Crippen LogP contribution is 2.19. The zero-order chi connectivity index (χ0) is 8.97. The number of esters is 1. The summed E-state index contributed by atoms with van der Waals surface area (Å²) in [7, 11) is 0. The highest BCUT2D eigenvalue weighted by molar-refractivity contribution is 7.99. The SMILES string of the molecule is CC(=O)OC1CSCC=C1C#N. The lowest BCUT2D eigenvalue weighted by molar-refractivity contribution is -0.143. The van der Waals surface area contributed by atoms with Gasteiger partial charge in [0.2, 0.25) is 0 Å². The first-order valence-electron chi connectivity index (χ1n) is 3.59. The first kappa shape index (κ1) is 9.14. The van der Waals surface area contributed by atoms with E-state index in [2.05, 4.69) is 0 Å². The van der Waals surface area contributed by atoms with Crippen LogP contribution in [-0.2, 0) is 9.53 Å². The van der Waals surface area contributed by atoms with Gasteiger partial charge >= 0.3 is 5.97 Å². The van der Waals surface area contributed by atoms with Crippen molar-refractivity contribution in [2.45, 2.75) is 13.0 Å². The summed E-state index contributed by atoms with van der Waals surface area (Å²) in [6, 6.07) is 2.03. The molecule has 0 aliphatic carbocycles. The minimum atomic E-state index is -0.330. The van der Waals surface area contributed by atoms with E-state index in [0.29, 0.717) is 11.3 Å². The summed E-state index contributed by atoms with van der Waals surface area (Å²) in [4.78, 5) is 10.6. The molecule has 12 heavy (non-hydrogen) atoms. The molecule has 0 spiro atoms. The maximum absolute atomic E-state index is 10.6. The number of rotatable bonds is 1. The predicted octanol–water partition coefficient (Wildman–Crippen LogP) is 1.11. The van der Waals surface area contributed by atoms with E-state index >= 15 is 0 Å². The maximum atomic E-state index is 10.6. The largest absolute Gasteiger partial charge is 0.456 e. The van der Waals surface area contributed by atoms with Gasteiger partial charge in [-0.2, -0.15) is 17.0 Å². The maximum Gasteiger partial charge on any atom is 0.303 e. The highest BCUT2D eigenvalue weighted by atomic mass is 32.2. The van der Waals surface area contributed by atoms with Gasteiger partial charge in [-0.05, 0) is 0 Å². The van der Waals surface area contributed by atoms with Crippen LogP contribution in [0.15, 0.2) is 11.6 Å². The molecule has 64 valence electrons. The standard InChI is InChI=1S/C8H9NO2S/c1-6(10)11-8-5-12-3-2-7(8)4-9/h2,8H,3,5H2,1H3. The molecule has 0 amide bonds. The average Bonchev–Trinajstić information content (AvgIpc) is 2.04. The number of nitriles is 1. The Bertz CT molecular complexity index is 254. The Balaban J connectivity index is 2.63. The lowest BCUT2D eigenvalue weighted by atomic mass is 10.2. The summed E-state index contributed by atoms with van der Waals surface area (Å²) >= 11 is 1.66. The van der Waals surface area contributed by atoms with E-state index in [0.717, 1.165) is 5.75 Å². The number of thioether (sulfide) groups is 1. The number of hydrogen-bond acceptors (Lipinski definition) is 4. The molecule has 1 unspecified atom stereocenters. The smallest absolute Gasteiger partial charge is 0.303 e. The van der Waals surface area contributed by atoms with Crippen molar-refractivity contribution in [3.8, 4) is 6.07 Å². The van der Waals surface area contributed by atoms with Crippen LogP contribution in [0.25, 0.3) is 0 Å². The summed E-state index contributed by atoms with van der Waals surface area (Å²) in [5.41, 5.74) is 0.573. The van der Waals surface area contributed by atoms with Crippen LogP contribution in [0.3, 0.4) is 0 Å². The van der Waals surface area contributed by atoms with Gasteiger partial charge in [-0.1, -0.05) is 6.08 Å². The highest BCUT2D eigenvalue weighted by Gasteiger charge is 2.20. The fourth-order valence-electron chi connectivity index (χ4n) is 0.960. The van der Waals surface area contributed by atoms with Gasteiger partial charge in [-0.15, -0.1) is 0 Å². The molecule has 1 heterocycles. The molecular formula is C8H9NO2S. The zero-order valence-electron chi connectivity index (χ0n) is 6.74. The number of carbonyl (C=O) groups excluding carboxylic acids is 1. The molecule has 0 fully saturated rings. The van der Waals surface area contributed by atoms with Gasteiger partial charge in [0.25, 0.3) is 0 Å². The minimum Gasteiger partial charge on any atom is -0.456 e. The second-order valence-electron chi connectivity index (χ2n) is 2.41. The van der Waals surface area contributed by atoms with E-state index in [1.165, 1.54) is 6.92 Å². The van der Waals surface area contributed by atoms with Crippen molar-refractivity contribution in [1.29, 1.82) is 5.26 Å². The van der Waals surface area contributed by atoms with Gasteiger partial charge in [0.15, 0.2) is 0 Å².